The van der Waals surface area contributed by atoms with Crippen LogP contribution >= 0.6 is 11.6 Å². The molecule has 5 heteroatoms. The highest BCUT2D eigenvalue weighted by Gasteiger charge is 2.02. The number of anilines is 1. The minimum atomic E-state index is 0.451. The summed E-state index contributed by atoms with van der Waals surface area (Å²) in [6.45, 7) is 0. The van der Waals surface area contributed by atoms with E-state index in [-0.39, 0.29) is 0 Å². The number of halogens is 1. The van der Waals surface area contributed by atoms with E-state index in [4.69, 9.17) is 11.6 Å². The number of hydrogen-bond donors (Lipinski definition) is 1. The second-order valence-electron chi connectivity index (χ2n) is 3.30. The number of nitrogens with zero attached hydrogens (tertiary/aromatic N) is 2. The van der Waals surface area contributed by atoms with Crippen LogP contribution in [0.15, 0.2) is 59.8 Å². The molecule has 4 nitrogen and oxygen atoms in total. The molecular weight excluding hydrogens is 238 g/mol. The highest BCUT2D eigenvalue weighted by atomic mass is 35.5. The summed E-state index contributed by atoms with van der Waals surface area (Å²) >= 11 is 5.91. The summed E-state index contributed by atoms with van der Waals surface area (Å²) in [5, 5.41) is 15.8. The van der Waals surface area contributed by atoms with Crippen molar-refractivity contribution in [2.45, 2.75) is 0 Å². The van der Waals surface area contributed by atoms with Crippen LogP contribution in [0.1, 0.15) is 0 Å². The normalized spacial score (nSPS) is 11.2. The zero-order chi connectivity index (χ0) is 12.1. The largest absolute Gasteiger partial charge is 0.691 e. The van der Waals surface area contributed by atoms with Crippen LogP contribution in [-0.4, -0.2) is 4.86 Å². The molecule has 0 fully saturated rings. The Morgan fingerprint density at radius 3 is 2.35 bits per heavy atom. The van der Waals surface area contributed by atoms with Gasteiger partial charge < -0.3 is 5.21 Å². The predicted molar refractivity (Wildman–Crippen MR) is 67.2 cm³/mol. The third-order valence-corrected chi connectivity index (χ3v) is 2.44. The van der Waals surface area contributed by atoms with Gasteiger partial charge in [-0.1, -0.05) is 41.9 Å². The number of nitrogens with one attached hydrogen (secondary N) is 1. The van der Waals surface area contributed by atoms with E-state index in [9.17, 15) is 5.21 Å². The van der Waals surface area contributed by atoms with E-state index in [1.807, 2.05) is 6.07 Å². The molecule has 2 rings (SSSR count). The van der Waals surface area contributed by atoms with Crippen molar-refractivity contribution in [2.24, 2.45) is 5.22 Å². The fourth-order valence-corrected chi connectivity index (χ4v) is 1.44. The van der Waals surface area contributed by atoms with Crippen molar-refractivity contribution >= 4 is 23.0 Å². The summed E-state index contributed by atoms with van der Waals surface area (Å²) in [6.07, 6.45) is 0. The van der Waals surface area contributed by atoms with Crippen LogP contribution in [0.5, 0.6) is 0 Å². The van der Waals surface area contributed by atoms with E-state index < -0.39 is 0 Å². The van der Waals surface area contributed by atoms with Crippen LogP contribution in [-0.2, 0) is 0 Å². The van der Waals surface area contributed by atoms with Gasteiger partial charge in [-0.2, -0.15) is 0 Å². The molecule has 0 radical (unpaired) electrons. The molecular formula is C12H10ClN3O. The molecule has 0 bridgehead atoms. The molecule has 0 spiro atoms. The molecule has 0 saturated heterocycles. The lowest BCUT2D eigenvalue weighted by atomic mass is 10.3. The van der Waals surface area contributed by atoms with Crippen molar-refractivity contribution in [3.63, 3.8) is 0 Å². The lowest BCUT2D eigenvalue weighted by Crippen LogP contribution is -1.97. The lowest BCUT2D eigenvalue weighted by Gasteiger charge is -2.04. The number of rotatable bonds is 3. The summed E-state index contributed by atoms with van der Waals surface area (Å²) in [7, 11) is 0. The molecule has 17 heavy (non-hydrogen) atoms. The SMILES string of the molecule is [O-]/[N+](=N/Nc1ccccc1Cl)c1ccccc1. The molecule has 0 aliphatic heterocycles. The summed E-state index contributed by atoms with van der Waals surface area (Å²) < 4.78 is 0. The average molecular weight is 248 g/mol. The Morgan fingerprint density at radius 2 is 1.65 bits per heavy atom. The Labute approximate surface area is 104 Å². The molecule has 1 N–H and O–H groups in total. The fraction of sp³-hybridized carbons (Fsp3) is 0. The minimum absolute atomic E-state index is 0.451. The number of hydrogen-bond acceptors (Lipinski definition) is 2. The van der Waals surface area contributed by atoms with Crippen molar-refractivity contribution in [2.75, 3.05) is 5.43 Å². The first kappa shape index (κ1) is 11.4. The van der Waals surface area contributed by atoms with Gasteiger partial charge in [0, 0.05) is 0 Å². The average Bonchev–Trinajstić information content (AvgIpc) is 2.38. The van der Waals surface area contributed by atoms with Gasteiger partial charge in [0.25, 0.3) is 0 Å². The molecule has 2 aromatic carbocycles. The van der Waals surface area contributed by atoms with E-state index in [0.29, 0.717) is 21.3 Å². The van der Waals surface area contributed by atoms with Crippen LogP contribution < -0.4 is 5.43 Å². The first-order valence-electron chi connectivity index (χ1n) is 5.01. The first-order chi connectivity index (χ1) is 8.27. The Morgan fingerprint density at radius 1 is 1.00 bits per heavy atom. The van der Waals surface area contributed by atoms with Gasteiger partial charge in [0.15, 0.2) is 11.4 Å². The maximum absolute atomic E-state index is 11.6. The summed E-state index contributed by atoms with van der Waals surface area (Å²) in [5.74, 6) is 0. The fourth-order valence-electron chi connectivity index (χ4n) is 1.26. The van der Waals surface area contributed by atoms with Gasteiger partial charge in [-0.15, -0.1) is 10.3 Å². The number of benzene rings is 2. The molecule has 0 atom stereocenters. The quantitative estimate of drug-likeness (QED) is 0.507. The van der Waals surface area contributed by atoms with Gasteiger partial charge in [-0.3, -0.25) is 0 Å². The second kappa shape index (κ2) is 5.32. The zero-order valence-electron chi connectivity index (χ0n) is 8.88. The van der Waals surface area contributed by atoms with Gasteiger partial charge in [-0.05, 0) is 24.3 Å². The van der Waals surface area contributed by atoms with Crippen LogP contribution in [0.4, 0.5) is 11.4 Å². The van der Waals surface area contributed by atoms with E-state index in [2.05, 4.69) is 10.6 Å². The predicted octanol–water partition coefficient (Wildman–Crippen LogP) is 3.96. The third kappa shape index (κ3) is 2.95. The van der Waals surface area contributed by atoms with E-state index in [1.165, 1.54) is 0 Å². The molecule has 0 aliphatic carbocycles. The van der Waals surface area contributed by atoms with Gasteiger partial charge >= 0.3 is 0 Å². The topological polar surface area (TPSA) is 50.5 Å². The zero-order valence-corrected chi connectivity index (χ0v) is 9.63. The van der Waals surface area contributed by atoms with E-state index in [0.717, 1.165) is 0 Å². The summed E-state index contributed by atoms with van der Waals surface area (Å²) in [5.41, 5.74) is 3.66. The second-order valence-corrected chi connectivity index (χ2v) is 3.71. The van der Waals surface area contributed by atoms with Crippen molar-refractivity contribution in [1.82, 2.24) is 0 Å². The molecule has 86 valence electrons. The standard InChI is InChI=1S/C12H10ClN3O/c13-11-8-4-5-9-12(11)14-15-16(17)10-6-2-1-3-7-10/h1-9,14H/b16-15+. The first-order valence-corrected chi connectivity index (χ1v) is 5.38. The molecule has 0 unspecified atom stereocenters. The Kier molecular flexibility index (Phi) is 3.57. The van der Waals surface area contributed by atoms with Crippen LogP contribution in [0.25, 0.3) is 0 Å². The molecule has 0 amide bonds. The summed E-state index contributed by atoms with van der Waals surface area (Å²) in [6, 6.07) is 15.8. The molecule has 0 saturated carbocycles. The minimum Gasteiger partial charge on any atom is -0.691 e. The van der Waals surface area contributed by atoms with Gasteiger partial charge in [-0.25, -0.2) is 0 Å². The maximum Gasteiger partial charge on any atom is 0.165 e. The van der Waals surface area contributed by atoms with E-state index in [1.54, 1.807) is 48.5 Å². The van der Waals surface area contributed by atoms with Crippen LogP contribution in [0.2, 0.25) is 5.02 Å². The van der Waals surface area contributed by atoms with Crippen molar-refractivity contribution in [3.05, 3.63) is 64.8 Å². The maximum atomic E-state index is 11.6. The summed E-state index contributed by atoms with van der Waals surface area (Å²) in [4.78, 5) is 0.503. The number of para-hydroxylation sites is 2. The third-order valence-electron chi connectivity index (χ3n) is 2.11. The smallest absolute Gasteiger partial charge is 0.165 e. The van der Waals surface area contributed by atoms with Crippen LogP contribution in [0, 0.1) is 5.21 Å². The monoisotopic (exact) mass is 247 g/mol. The highest BCUT2D eigenvalue weighted by molar-refractivity contribution is 6.33. The van der Waals surface area contributed by atoms with Crippen molar-refractivity contribution < 1.29 is 4.86 Å². The van der Waals surface area contributed by atoms with Crippen LogP contribution in [0.3, 0.4) is 0 Å². The van der Waals surface area contributed by atoms with Gasteiger partial charge in [0.1, 0.15) is 0 Å². The van der Waals surface area contributed by atoms with Gasteiger partial charge in [0.2, 0.25) is 0 Å². The van der Waals surface area contributed by atoms with Crippen molar-refractivity contribution in [3.8, 4) is 0 Å². The Hall–Kier alpha value is -2.07. The Bertz CT molecular complexity index is 528. The van der Waals surface area contributed by atoms with E-state index >= 15 is 0 Å². The molecule has 2 aromatic rings. The van der Waals surface area contributed by atoms with Gasteiger partial charge in [0.05, 0.1) is 10.2 Å². The molecule has 0 heterocycles. The van der Waals surface area contributed by atoms with Crippen molar-refractivity contribution in [1.29, 1.82) is 0 Å². The molecule has 0 aromatic heterocycles. The molecule has 0 aliphatic rings. The Balaban J connectivity index is 2.14. The lowest BCUT2D eigenvalue weighted by molar-refractivity contribution is -0.439. The highest BCUT2D eigenvalue weighted by Crippen LogP contribution is 2.20.